The molecule has 0 radical (unpaired) electrons. The molecular weight excluding hydrogens is 224 g/mol. The Morgan fingerprint density at radius 3 is 2.55 bits per heavy atom. The Hall–Kier alpha value is -0.150. The predicted molar refractivity (Wildman–Crippen MR) is 52.7 cm³/mol. The molecule has 1 nitrogen and oxygen atoms in total. The fourth-order valence-corrected chi connectivity index (χ4v) is 1.67. The maximum absolute atomic E-state index is 5.16. The summed E-state index contributed by atoms with van der Waals surface area (Å²) < 4.78 is 6.13. The van der Waals surface area contributed by atoms with Gasteiger partial charge in [0.25, 0.3) is 0 Å². The third-order valence-corrected chi connectivity index (χ3v) is 2.64. The van der Waals surface area contributed by atoms with Gasteiger partial charge in [-0.2, -0.15) is 0 Å². The Morgan fingerprint density at radius 2 is 2.09 bits per heavy atom. The zero-order valence-corrected chi connectivity index (χ0v) is 8.87. The van der Waals surface area contributed by atoms with E-state index in [-0.39, 0.29) is 0 Å². The van der Waals surface area contributed by atoms with Crippen LogP contribution in [0.3, 0.4) is 0 Å². The Kier molecular flexibility index (Phi) is 2.84. The second kappa shape index (κ2) is 3.50. The van der Waals surface area contributed by atoms with E-state index in [0.29, 0.717) is 0 Å². The van der Waals surface area contributed by atoms with Crippen LogP contribution in [0.25, 0.3) is 0 Å². The summed E-state index contributed by atoms with van der Waals surface area (Å²) in [4.78, 5) is 0.949. The van der Waals surface area contributed by atoms with E-state index in [9.17, 15) is 0 Å². The molecule has 0 heterocycles. The van der Waals surface area contributed by atoms with Crippen LogP contribution in [0.15, 0.2) is 21.5 Å². The van der Waals surface area contributed by atoms with Gasteiger partial charge in [-0.05, 0) is 35.0 Å². The van der Waals surface area contributed by atoms with Crippen molar-refractivity contribution in [3.63, 3.8) is 0 Å². The average molecular weight is 233 g/mol. The Morgan fingerprint density at radius 1 is 1.45 bits per heavy atom. The molecule has 3 heteroatoms. The molecule has 1 aromatic rings. The molecule has 0 saturated heterocycles. The first kappa shape index (κ1) is 8.94. The van der Waals surface area contributed by atoms with Crippen LogP contribution in [0.4, 0.5) is 0 Å². The van der Waals surface area contributed by atoms with Gasteiger partial charge in [0.15, 0.2) is 0 Å². The minimum atomic E-state index is 0.859. The van der Waals surface area contributed by atoms with E-state index in [1.807, 2.05) is 19.1 Å². The second-order valence-electron chi connectivity index (χ2n) is 2.22. The number of benzene rings is 1. The molecule has 0 amide bonds. The van der Waals surface area contributed by atoms with Crippen molar-refractivity contribution in [3.8, 4) is 5.75 Å². The van der Waals surface area contributed by atoms with E-state index in [2.05, 4.69) is 28.6 Å². The molecule has 0 aliphatic carbocycles. The molecule has 0 saturated carbocycles. The summed E-state index contributed by atoms with van der Waals surface area (Å²) in [6, 6.07) is 3.86. The fourth-order valence-electron chi connectivity index (χ4n) is 0.899. The smallest absolute Gasteiger partial charge is 0.137 e. The average Bonchev–Trinajstić information content (AvgIpc) is 1.99. The molecule has 0 aliphatic rings. The van der Waals surface area contributed by atoms with E-state index < -0.39 is 0 Å². The van der Waals surface area contributed by atoms with Crippen LogP contribution in [0.1, 0.15) is 5.56 Å². The van der Waals surface area contributed by atoms with Crippen molar-refractivity contribution in [2.45, 2.75) is 11.8 Å². The highest BCUT2D eigenvalue weighted by Gasteiger charge is 2.05. The van der Waals surface area contributed by atoms with E-state index >= 15 is 0 Å². The molecule has 0 spiro atoms. The summed E-state index contributed by atoms with van der Waals surface area (Å²) >= 11 is 7.65. The van der Waals surface area contributed by atoms with Gasteiger partial charge in [0.05, 0.1) is 11.6 Å². The van der Waals surface area contributed by atoms with Gasteiger partial charge < -0.3 is 4.74 Å². The van der Waals surface area contributed by atoms with Gasteiger partial charge >= 0.3 is 0 Å². The number of rotatable bonds is 1. The summed E-state index contributed by atoms with van der Waals surface area (Å²) in [7, 11) is 1.65. The second-order valence-corrected chi connectivity index (χ2v) is 3.56. The molecule has 0 aliphatic heterocycles. The zero-order chi connectivity index (χ0) is 8.43. The lowest BCUT2D eigenvalue weighted by molar-refractivity contribution is 0.407. The van der Waals surface area contributed by atoms with E-state index in [1.165, 1.54) is 0 Å². The molecule has 60 valence electrons. The molecule has 0 unspecified atom stereocenters. The zero-order valence-electron chi connectivity index (χ0n) is 6.39. The van der Waals surface area contributed by atoms with Crippen LogP contribution >= 0.6 is 28.6 Å². The summed E-state index contributed by atoms with van der Waals surface area (Å²) in [5, 5.41) is 0. The first-order valence-electron chi connectivity index (χ1n) is 3.19. The first-order valence-corrected chi connectivity index (χ1v) is 4.43. The van der Waals surface area contributed by atoms with Crippen LogP contribution < -0.4 is 4.74 Å². The number of ether oxygens (including phenoxy) is 1. The summed E-state index contributed by atoms with van der Waals surface area (Å²) in [5.74, 6) is 0.859. The molecule has 1 aromatic carbocycles. The Balaban J connectivity index is 3.29. The summed E-state index contributed by atoms with van der Waals surface area (Å²) in [6.45, 7) is 1.98. The van der Waals surface area contributed by atoms with Gasteiger partial charge in [-0.25, -0.2) is 0 Å². The predicted octanol–water partition coefficient (Wildman–Crippen LogP) is 3.05. The molecule has 0 atom stereocenters. The third-order valence-electron chi connectivity index (χ3n) is 1.53. The SMILES string of the molecule is COc1c(Br)ccc(S)c1C. The standard InChI is InChI=1S/C8H9BrOS/c1-5-7(11)4-3-6(9)8(5)10-2/h3-4,11H,1-2H3. The van der Waals surface area contributed by atoms with Gasteiger partial charge in [-0.1, -0.05) is 0 Å². The lowest BCUT2D eigenvalue weighted by Gasteiger charge is -2.08. The fraction of sp³-hybridized carbons (Fsp3) is 0.250. The number of methoxy groups -OCH3 is 1. The minimum absolute atomic E-state index is 0.859. The minimum Gasteiger partial charge on any atom is -0.495 e. The monoisotopic (exact) mass is 232 g/mol. The number of halogens is 1. The van der Waals surface area contributed by atoms with Crippen LogP contribution in [0.2, 0.25) is 0 Å². The van der Waals surface area contributed by atoms with E-state index in [1.54, 1.807) is 7.11 Å². The Labute approximate surface area is 80.3 Å². The van der Waals surface area contributed by atoms with Gasteiger partial charge in [0, 0.05) is 10.5 Å². The maximum Gasteiger partial charge on any atom is 0.137 e. The van der Waals surface area contributed by atoms with Crippen molar-refractivity contribution in [1.29, 1.82) is 0 Å². The Bertz CT molecular complexity index is 273. The van der Waals surface area contributed by atoms with Crippen molar-refractivity contribution in [1.82, 2.24) is 0 Å². The summed E-state index contributed by atoms with van der Waals surface area (Å²) in [5.41, 5.74) is 1.06. The largest absolute Gasteiger partial charge is 0.495 e. The first-order chi connectivity index (χ1) is 5.16. The van der Waals surface area contributed by atoms with Crippen LogP contribution in [-0.4, -0.2) is 7.11 Å². The van der Waals surface area contributed by atoms with Crippen LogP contribution in [0.5, 0.6) is 5.75 Å². The number of thiol groups is 1. The molecule has 0 fully saturated rings. The van der Waals surface area contributed by atoms with Crippen LogP contribution in [-0.2, 0) is 0 Å². The highest BCUT2D eigenvalue weighted by atomic mass is 79.9. The molecule has 0 aromatic heterocycles. The lowest BCUT2D eigenvalue weighted by atomic mass is 10.2. The maximum atomic E-state index is 5.16. The van der Waals surface area contributed by atoms with Crippen LogP contribution in [0, 0.1) is 6.92 Å². The highest BCUT2D eigenvalue weighted by molar-refractivity contribution is 9.10. The molecule has 0 N–H and O–H groups in total. The van der Waals surface area contributed by atoms with Gasteiger partial charge in [0.1, 0.15) is 5.75 Å². The molecular formula is C8H9BrOS. The van der Waals surface area contributed by atoms with Crippen molar-refractivity contribution < 1.29 is 4.74 Å². The van der Waals surface area contributed by atoms with Gasteiger partial charge in [-0.15, -0.1) is 12.6 Å². The van der Waals surface area contributed by atoms with Crippen molar-refractivity contribution in [2.75, 3.05) is 7.11 Å². The van der Waals surface area contributed by atoms with Gasteiger partial charge in [-0.3, -0.25) is 0 Å². The third kappa shape index (κ3) is 1.71. The molecule has 11 heavy (non-hydrogen) atoms. The lowest BCUT2D eigenvalue weighted by Crippen LogP contribution is -1.89. The van der Waals surface area contributed by atoms with Gasteiger partial charge in [0.2, 0.25) is 0 Å². The molecule has 0 bridgehead atoms. The summed E-state index contributed by atoms with van der Waals surface area (Å²) in [6.07, 6.45) is 0. The number of hydrogen-bond donors (Lipinski definition) is 1. The van der Waals surface area contributed by atoms with Crippen molar-refractivity contribution in [2.24, 2.45) is 0 Å². The van der Waals surface area contributed by atoms with E-state index in [0.717, 1.165) is 20.7 Å². The number of hydrogen-bond acceptors (Lipinski definition) is 2. The normalized spacial score (nSPS) is 9.82. The highest BCUT2D eigenvalue weighted by Crippen LogP contribution is 2.31. The molecule has 1 rings (SSSR count). The topological polar surface area (TPSA) is 9.23 Å². The van der Waals surface area contributed by atoms with Crippen molar-refractivity contribution >= 4 is 28.6 Å². The van der Waals surface area contributed by atoms with E-state index in [4.69, 9.17) is 4.74 Å². The quantitative estimate of drug-likeness (QED) is 0.733. The van der Waals surface area contributed by atoms with Crippen molar-refractivity contribution in [3.05, 3.63) is 22.2 Å².